The van der Waals surface area contributed by atoms with Crippen molar-refractivity contribution in [1.82, 2.24) is 14.4 Å². The van der Waals surface area contributed by atoms with Crippen molar-refractivity contribution in [3.63, 3.8) is 0 Å². The number of β-amino-alcohol motifs (C(OH)–C–C–N with tert-alkyl or cyclic N) is 1. The van der Waals surface area contributed by atoms with E-state index >= 15 is 0 Å². The first-order chi connectivity index (χ1) is 11.7. The number of sulfonamides is 1. The zero-order valence-electron chi connectivity index (χ0n) is 13.4. The van der Waals surface area contributed by atoms with E-state index < -0.39 is 27.2 Å². The van der Waals surface area contributed by atoms with Gasteiger partial charge in [0.15, 0.2) is 11.4 Å². The summed E-state index contributed by atoms with van der Waals surface area (Å²) in [5, 5.41) is 14.6. The van der Waals surface area contributed by atoms with Crippen LogP contribution in [0.4, 0.5) is 4.39 Å². The molecule has 10 heteroatoms. The molecule has 0 bridgehead atoms. The summed E-state index contributed by atoms with van der Waals surface area (Å²) in [7, 11) is -3.85. The number of rotatable bonds is 5. The molecular weight excluding hydrogens is 373 g/mol. The number of hydrogen-bond donors (Lipinski definition) is 1. The van der Waals surface area contributed by atoms with Gasteiger partial charge in [-0.05, 0) is 18.2 Å². The van der Waals surface area contributed by atoms with Crippen LogP contribution in [0.25, 0.3) is 0 Å². The van der Waals surface area contributed by atoms with Crippen molar-refractivity contribution in [2.75, 3.05) is 13.1 Å². The van der Waals surface area contributed by atoms with Gasteiger partial charge in [-0.15, -0.1) is 0 Å². The molecule has 2 heterocycles. The first kappa shape index (κ1) is 18.2. The van der Waals surface area contributed by atoms with Gasteiger partial charge in [0, 0.05) is 30.0 Å². The van der Waals surface area contributed by atoms with E-state index in [-0.39, 0.29) is 36.0 Å². The summed E-state index contributed by atoms with van der Waals surface area (Å²) in [4.78, 5) is 4.08. The maximum Gasteiger partial charge on any atom is 0.260 e. The Hall–Kier alpha value is -1.55. The first-order valence-electron chi connectivity index (χ1n) is 7.71. The van der Waals surface area contributed by atoms with Gasteiger partial charge in [0.05, 0.1) is 12.3 Å². The maximum absolute atomic E-state index is 13.8. The SMILES string of the molecule is CCc1noc(C2(O)CCN(S(=O)(=O)Cc3cc(Cl)ccc3F)C2)n1. The smallest absolute Gasteiger partial charge is 0.260 e. The van der Waals surface area contributed by atoms with Crippen LogP contribution in [-0.2, 0) is 27.8 Å². The molecule has 1 N–H and O–H groups in total. The highest BCUT2D eigenvalue weighted by Crippen LogP contribution is 2.33. The maximum atomic E-state index is 13.8. The molecule has 0 saturated carbocycles. The van der Waals surface area contributed by atoms with E-state index in [1.54, 1.807) is 0 Å². The minimum Gasteiger partial charge on any atom is -0.379 e. The molecular formula is C15H17ClFN3O4S. The molecule has 3 rings (SSSR count). The Morgan fingerprint density at radius 2 is 2.24 bits per heavy atom. The van der Waals surface area contributed by atoms with Gasteiger partial charge in [0.25, 0.3) is 5.89 Å². The molecule has 1 aromatic heterocycles. The van der Waals surface area contributed by atoms with Crippen LogP contribution in [0.2, 0.25) is 5.02 Å². The van der Waals surface area contributed by atoms with E-state index in [0.717, 1.165) is 10.4 Å². The minimum absolute atomic E-state index is 0.00372. The van der Waals surface area contributed by atoms with Crippen molar-refractivity contribution in [2.24, 2.45) is 0 Å². The van der Waals surface area contributed by atoms with Gasteiger partial charge in [-0.2, -0.15) is 9.29 Å². The van der Waals surface area contributed by atoms with E-state index in [4.69, 9.17) is 16.1 Å². The lowest BCUT2D eigenvalue weighted by atomic mass is 10.0. The Labute approximate surface area is 149 Å². The van der Waals surface area contributed by atoms with E-state index in [1.807, 2.05) is 6.92 Å². The van der Waals surface area contributed by atoms with Gasteiger partial charge < -0.3 is 9.63 Å². The summed E-state index contributed by atoms with van der Waals surface area (Å²) in [6.45, 7) is 1.69. The number of aryl methyl sites for hydroxylation is 1. The van der Waals surface area contributed by atoms with Crippen LogP contribution in [0.15, 0.2) is 22.7 Å². The molecule has 2 aromatic rings. The van der Waals surface area contributed by atoms with Crippen molar-refractivity contribution in [1.29, 1.82) is 0 Å². The van der Waals surface area contributed by atoms with Gasteiger partial charge in [-0.3, -0.25) is 0 Å². The molecule has 0 radical (unpaired) electrons. The third-order valence-electron chi connectivity index (χ3n) is 4.13. The molecule has 1 unspecified atom stereocenters. The molecule has 1 fully saturated rings. The fourth-order valence-electron chi connectivity index (χ4n) is 2.70. The van der Waals surface area contributed by atoms with Gasteiger partial charge in [0.1, 0.15) is 5.82 Å². The van der Waals surface area contributed by atoms with E-state index in [2.05, 4.69) is 10.1 Å². The number of hydrogen-bond acceptors (Lipinski definition) is 6. The second-order valence-electron chi connectivity index (χ2n) is 5.98. The van der Waals surface area contributed by atoms with Crippen LogP contribution in [0.5, 0.6) is 0 Å². The average Bonchev–Trinajstić information content (AvgIpc) is 3.18. The van der Waals surface area contributed by atoms with Crippen LogP contribution in [0.3, 0.4) is 0 Å². The van der Waals surface area contributed by atoms with E-state index in [9.17, 15) is 17.9 Å². The second-order valence-corrected chi connectivity index (χ2v) is 8.38. The summed E-state index contributed by atoms with van der Waals surface area (Å²) in [5.74, 6) is -0.756. The number of benzene rings is 1. The summed E-state index contributed by atoms with van der Waals surface area (Å²) in [5.41, 5.74) is -1.56. The van der Waals surface area contributed by atoms with Crippen molar-refractivity contribution in [3.8, 4) is 0 Å². The van der Waals surface area contributed by atoms with Crippen molar-refractivity contribution < 1.29 is 22.4 Å². The molecule has 0 spiro atoms. The lowest BCUT2D eigenvalue weighted by molar-refractivity contribution is 0.0194. The summed E-state index contributed by atoms with van der Waals surface area (Å²) in [6, 6.07) is 3.75. The Morgan fingerprint density at radius 1 is 1.48 bits per heavy atom. The Kier molecular flexibility index (Phi) is 4.84. The summed E-state index contributed by atoms with van der Waals surface area (Å²) in [6.07, 6.45) is 0.658. The molecule has 25 heavy (non-hydrogen) atoms. The van der Waals surface area contributed by atoms with Gasteiger partial charge in [-0.1, -0.05) is 23.7 Å². The Balaban J connectivity index is 1.79. The average molecular weight is 390 g/mol. The van der Waals surface area contributed by atoms with Crippen LogP contribution >= 0.6 is 11.6 Å². The lowest BCUT2D eigenvalue weighted by Crippen LogP contribution is -2.35. The van der Waals surface area contributed by atoms with Crippen LogP contribution < -0.4 is 0 Å². The molecule has 1 aromatic carbocycles. The monoisotopic (exact) mass is 389 g/mol. The molecule has 1 aliphatic heterocycles. The fourth-order valence-corrected chi connectivity index (χ4v) is 4.47. The van der Waals surface area contributed by atoms with Gasteiger partial charge in [-0.25, -0.2) is 12.8 Å². The molecule has 1 saturated heterocycles. The number of aliphatic hydroxyl groups is 1. The quantitative estimate of drug-likeness (QED) is 0.838. The largest absolute Gasteiger partial charge is 0.379 e. The Bertz CT molecular complexity index is 889. The molecule has 0 aliphatic carbocycles. The highest BCUT2D eigenvalue weighted by atomic mass is 35.5. The standard InChI is InChI=1S/C15H17ClFN3O4S/c1-2-13-18-14(24-19-13)15(21)5-6-20(9-15)25(22,23)8-10-7-11(16)3-4-12(10)17/h3-4,7,21H,2,5-6,8-9H2,1H3. The van der Waals surface area contributed by atoms with Crippen molar-refractivity contribution >= 4 is 21.6 Å². The zero-order chi connectivity index (χ0) is 18.2. The van der Waals surface area contributed by atoms with Gasteiger partial charge >= 0.3 is 0 Å². The van der Waals surface area contributed by atoms with Crippen molar-refractivity contribution in [2.45, 2.75) is 31.1 Å². The number of nitrogens with zero attached hydrogens (tertiary/aromatic N) is 3. The van der Waals surface area contributed by atoms with Crippen LogP contribution in [-0.4, -0.2) is 41.1 Å². The predicted molar refractivity (Wildman–Crippen MR) is 87.8 cm³/mol. The molecule has 7 nitrogen and oxygen atoms in total. The van der Waals surface area contributed by atoms with Crippen LogP contribution in [0, 0.1) is 5.82 Å². The fraction of sp³-hybridized carbons (Fsp3) is 0.467. The normalized spacial score (nSPS) is 21.8. The van der Waals surface area contributed by atoms with E-state index in [1.165, 1.54) is 12.1 Å². The minimum atomic E-state index is -3.85. The van der Waals surface area contributed by atoms with E-state index in [0.29, 0.717) is 12.2 Å². The molecule has 136 valence electrons. The highest BCUT2D eigenvalue weighted by molar-refractivity contribution is 7.88. The predicted octanol–water partition coefficient (Wildman–Crippen LogP) is 1.85. The third-order valence-corrected chi connectivity index (χ3v) is 6.14. The molecule has 1 aliphatic rings. The number of aromatic nitrogens is 2. The van der Waals surface area contributed by atoms with Crippen LogP contribution in [0.1, 0.15) is 30.6 Å². The number of halogens is 2. The summed E-state index contributed by atoms with van der Waals surface area (Å²) < 4.78 is 45.1. The second kappa shape index (κ2) is 6.64. The highest BCUT2D eigenvalue weighted by Gasteiger charge is 2.46. The third kappa shape index (κ3) is 3.69. The zero-order valence-corrected chi connectivity index (χ0v) is 15.0. The summed E-state index contributed by atoms with van der Waals surface area (Å²) >= 11 is 5.80. The Morgan fingerprint density at radius 3 is 2.92 bits per heavy atom. The molecule has 1 atom stereocenters. The molecule has 0 amide bonds. The topological polar surface area (TPSA) is 96.5 Å². The van der Waals surface area contributed by atoms with Crippen molar-refractivity contribution in [3.05, 3.63) is 46.3 Å². The lowest BCUT2D eigenvalue weighted by Gasteiger charge is -2.19. The van der Waals surface area contributed by atoms with Gasteiger partial charge in [0.2, 0.25) is 10.0 Å². The first-order valence-corrected chi connectivity index (χ1v) is 9.69.